The molecule has 0 unspecified atom stereocenters. The van der Waals surface area contributed by atoms with Crippen molar-refractivity contribution >= 4 is 22.7 Å². The summed E-state index contributed by atoms with van der Waals surface area (Å²) in [5, 5.41) is 20.1. The van der Waals surface area contributed by atoms with Crippen molar-refractivity contribution in [3.63, 3.8) is 0 Å². The highest BCUT2D eigenvalue weighted by molar-refractivity contribution is 6.32. The van der Waals surface area contributed by atoms with Crippen LogP contribution in [-0.4, -0.2) is 16.3 Å². The van der Waals surface area contributed by atoms with Crippen LogP contribution < -0.4 is 4.74 Å². The Hall–Kier alpha value is -2.65. The molecule has 4 heteroatoms. The molecule has 0 aliphatic carbocycles. The zero-order valence-electron chi connectivity index (χ0n) is 14.1. The maximum Gasteiger partial charge on any atom is 0.149 e. The Labute approximate surface area is 152 Å². The van der Waals surface area contributed by atoms with Crippen LogP contribution in [0.1, 0.15) is 25.0 Å². The van der Waals surface area contributed by atoms with E-state index in [-0.39, 0.29) is 11.5 Å². The van der Waals surface area contributed by atoms with Gasteiger partial charge in [-0.05, 0) is 60.9 Å². The predicted octanol–water partition coefficient (Wildman–Crippen LogP) is 5.58. The number of rotatable bonds is 3. The van der Waals surface area contributed by atoms with E-state index in [0.29, 0.717) is 10.8 Å². The van der Waals surface area contributed by atoms with E-state index < -0.39 is 6.10 Å². The van der Waals surface area contributed by atoms with Crippen LogP contribution in [0, 0.1) is 0 Å². The summed E-state index contributed by atoms with van der Waals surface area (Å²) in [6.45, 7) is 8.02. The second-order valence-corrected chi connectivity index (χ2v) is 6.37. The third-order valence-electron chi connectivity index (χ3n) is 4.25. The lowest BCUT2D eigenvalue weighted by molar-refractivity contribution is 0.291. The van der Waals surface area contributed by atoms with Crippen LogP contribution >= 0.6 is 11.6 Å². The van der Waals surface area contributed by atoms with E-state index >= 15 is 0 Å². The average molecular weight is 355 g/mol. The highest BCUT2D eigenvalue weighted by Gasteiger charge is 2.29. The molecule has 2 N–H and O–H groups in total. The molecule has 0 aromatic heterocycles. The molecule has 2 aromatic carbocycles. The van der Waals surface area contributed by atoms with Crippen LogP contribution in [0.4, 0.5) is 0 Å². The number of hydrogen-bond acceptors (Lipinski definition) is 3. The van der Waals surface area contributed by atoms with Crippen molar-refractivity contribution in [2.75, 3.05) is 0 Å². The van der Waals surface area contributed by atoms with Gasteiger partial charge in [-0.15, -0.1) is 0 Å². The molecular weight excluding hydrogens is 336 g/mol. The van der Waals surface area contributed by atoms with Crippen molar-refractivity contribution in [1.82, 2.24) is 0 Å². The minimum atomic E-state index is -0.395. The summed E-state index contributed by atoms with van der Waals surface area (Å²) in [4.78, 5) is 0. The molecule has 0 saturated heterocycles. The second kappa shape index (κ2) is 6.69. The lowest BCUT2D eigenvalue weighted by Crippen LogP contribution is -2.24. The van der Waals surface area contributed by atoms with Crippen molar-refractivity contribution in [2.45, 2.75) is 20.0 Å². The molecule has 1 aliphatic heterocycles. The van der Waals surface area contributed by atoms with Gasteiger partial charge in [0, 0.05) is 11.1 Å². The number of phenolic OH excluding ortho intramolecular Hbond substituents is 2. The molecule has 1 heterocycles. The Morgan fingerprint density at radius 1 is 1.20 bits per heavy atom. The van der Waals surface area contributed by atoms with Crippen molar-refractivity contribution < 1.29 is 14.9 Å². The Morgan fingerprint density at radius 2 is 1.96 bits per heavy atom. The minimum Gasteiger partial charge on any atom is -0.508 e. The molecule has 0 bridgehead atoms. The highest BCUT2D eigenvalue weighted by atomic mass is 35.5. The summed E-state index contributed by atoms with van der Waals surface area (Å²) in [6, 6.07) is 10.1. The number of allylic oxidation sites excluding steroid dienone is 2. The number of ether oxygens (including phenoxy) is 1. The summed E-state index contributed by atoms with van der Waals surface area (Å²) in [7, 11) is 0. The van der Waals surface area contributed by atoms with Crippen molar-refractivity contribution in [3.05, 3.63) is 76.9 Å². The van der Waals surface area contributed by atoms with E-state index in [1.807, 2.05) is 32.1 Å². The van der Waals surface area contributed by atoms with Gasteiger partial charge in [0.05, 0.1) is 5.02 Å². The van der Waals surface area contributed by atoms with Crippen LogP contribution in [0.5, 0.6) is 17.2 Å². The van der Waals surface area contributed by atoms with E-state index in [1.165, 1.54) is 0 Å². The molecule has 0 saturated carbocycles. The zero-order valence-corrected chi connectivity index (χ0v) is 14.8. The van der Waals surface area contributed by atoms with Gasteiger partial charge in [0.15, 0.2) is 0 Å². The van der Waals surface area contributed by atoms with Gasteiger partial charge in [0.1, 0.15) is 23.4 Å². The van der Waals surface area contributed by atoms with Gasteiger partial charge in [-0.3, -0.25) is 0 Å². The summed E-state index contributed by atoms with van der Waals surface area (Å²) >= 11 is 5.95. The molecule has 0 amide bonds. The quantitative estimate of drug-likeness (QED) is 0.708. The lowest BCUT2D eigenvalue weighted by Gasteiger charge is -2.31. The summed E-state index contributed by atoms with van der Waals surface area (Å²) < 4.78 is 6.17. The standard InChI is InChI=1S/C21H19ClO3/c1-4-5-12(2)21-20(14-6-8-17(22)18(24)10-14)13(3)16-11-15(23)7-9-19(16)25-21/h4-11,21,23-24H,2H2,1,3H3/b5-4-/t21-/m0/s1. The monoisotopic (exact) mass is 354 g/mol. The highest BCUT2D eigenvalue weighted by Crippen LogP contribution is 2.44. The van der Waals surface area contributed by atoms with Gasteiger partial charge in [-0.1, -0.05) is 36.4 Å². The third kappa shape index (κ3) is 3.15. The Bertz CT molecular complexity index is 909. The molecule has 3 rings (SSSR count). The average Bonchev–Trinajstić information content (AvgIpc) is 2.58. The van der Waals surface area contributed by atoms with E-state index in [1.54, 1.807) is 30.3 Å². The Kier molecular flexibility index (Phi) is 4.60. The van der Waals surface area contributed by atoms with E-state index in [0.717, 1.165) is 27.8 Å². The number of phenols is 2. The molecule has 0 fully saturated rings. The van der Waals surface area contributed by atoms with Crippen LogP contribution in [0.15, 0.2) is 60.7 Å². The number of aromatic hydroxyl groups is 2. The second-order valence-electron chi connectivity index (χ2n) is 5.96. The molecule has 128 valence electrons. The van der Waals surface area contributed by atoms with Gasteiger partial charge < -0.3 is 14.9 Å². The smallest absolute Gasteiger partial charge is 0.149 e. The first-order valence-corrected chi connectivity index (χ1v) is 8.31. The Morgan fingerprint density at radius 3 is 2.64 bits per heavy atom. The largest absolute Gasteiger partial charge is 0.508 e. The van der Waals surface area contributed by atoms with Gasteiger partial charge in [-0.2, -0.15) is 0 Å². The molecule has 0 spiro atoms. The van der Waals surface area contributed by atoms with Gasteiger partial charge in [0.2, 0.25) is 0 Å². The Balaban J connectivity index is 2.24. The predicted molar refractivity (Wildman–Crippen MR) is 102 cm³/mol. The van der Waals surface area contributed by atoms with E-state index in [9.17, 15) is 10.2 Å². The van der Waals surface area contributed by atoms with E-state index in [2.05, 4.69) is 6.58 Å². The van der Waals surface area contributed by atoms with Gasteiger partial charge in [-0.25, -0.2) is 0 Å². The first kappa shape index (κ1) is 17.2. The van der Waals surface area contributed by atoms with Crippen LogP contribution in [0.25, 0.3) is 11.1 Å². The van der Waals surface area contributed by atoms with Crippen LogP contribution in [0.3, 0.4) is 0 Å². The number of halogens is 1. The maximum absolute atomic E-state index is 10.0. The molecule has 3 nitrogen and oxygen atoms in total. The molecule has 0 radical (unpaired) electrons. The van der Waals surface area contributed by atoms with Crippen LogP contribution in [0.2, 0.25) is 5.02 Å². The fourth-order valence-electron chi connectivity index (χ4n) is 3.05. The number of fused-ring (bicyclic) bond motifs is 1. The van der Waals surface area contributed by atoms with Gasteiger partial charge in [0.25, 0.3) is 0 Å². The zero-order chi connectivity index (χ0) is 18.1. The van der Waals surface area contributed by atoms with E-state index in [4.69, 9.17) is 16.3 Å². The summed E-state index contributed by atoms with van der Waals surface area (Å²) in [5.74, 6) is 0.871. The normalized spacial score (nSPS) is 16.7. The van der Waals surface area contributed by atoms with Crippen molar-refractivity contribution in [1.29, 1.82) is 0 Å². The van der Waals surface area contributed by atoms with Crippen molar-refractivity contribution in [3.8, 4) is 17.2 Å². The third-order valence-corrected chi connectivity index (χ3v) is 4.57. The van der Waals surface area contributed by atoms with Crippen molar-refractivity contribution in [2.24, 2.45) is 0 Å². The first-order valence-electron chi connectivity index (χ1n) is 7.93. The van der Waals surface area contributed by atoms with Gasteiger partial charge >= 0.3 is 0 Å². The molecule has 25 heavy (non-hydrogen) atoms. The lowest BCUT2D eigenvalue weighted by atomic mass is 9.86. The molecule has 1 atom stereocenters. The molecule has 1 aliphatic rings. The summed E-state index contributed by atoms with van der Waals surface area (Å²) in [5.41, 5.74) is 4.24. The molecule has 2 aromatic rings. The first-order chi connectivity index (χ1) is 11.9. The summed E-state index contributed by atoms with van der Waals surface area (Å²) in [6.07, 6.45) is 3.41. The molecular formula is C21H19ClO3. The fourth-order valence-corrected chi connectivity index (χ4v) is 3.17. The van der Waals surface area contributed by atoms with Crippen LogP contribution in [-0.2, 0) is 0 Å². The number of benzene rings is 2. The number of hydrogen-bond donors (Lipinski definition) is 2. The minimum absolute atomic E-state index is 0.0107. The maximum atomic E-state index is 10.0. The SMILES string of the molecule is C=C(/C=C\C)[C@@H]1Oc2ccc(O)cc2C(C)=C1c1ccc(Cl)c(O)c1. The topological polar surface area (TPSA) is 49.7 Å². The fraction of sp³-hybridized carbons (Fsp3) is 0.143.